The number of halogens is 3. The summed E-state index contributed by atoms with van der Waals surface area (Å²) in [5.41, 5.74) is -1.10. The van der Waals surface area contributed by atoms with Crippen molar-refractivity contribution < 1.29 is 42.1 Å². The number of carboxylic acids is 1. The SMILES string of the molecule is CC1(CNC(=O)C2C3CCC(C3)C2NC(=O)c2cc(OC3CCC(C)(C(=O)O)CC3)c(F)cc2OC(F)F)CCC1. The van der Waals surface area contributed by atoms with Crippen molar-refractivity contribution in [1.82, 2.24) is 10.6 Å². The number of hydrogen-bond donors (Lipinski definition) is 3. The van der Waals surface area contributed by atoms with Crippen molar-refractivity contribution in [2.24, 2.45) is 28.6 Å². The third kappa shape index (κ3) is 6.14. The number of amides is 2. The number of benzene rings is 1. The van der Waals surface area contributed by atoms with E-state index >= 15 is 0 Å². The minimum Gasteiger partial charge on any atom is -0.487 e. The van der Waals surface area contributed by atoms with E-state index in [1.807, 2.05) is 0 Å². The Morgan fingerprint density at radius 3 is 2.32 bits per heavy atom. The highest BCUT2D eigenvalue weighted by Crippen LogP contribution is 2.49. The molecule has 0 heterocycles. The molecule has 0 saturated heterocycles. The maximum absolute atomic E-state index is 15.0. The van der Waals surface area contributed by atoms with Crippen molar-refractivity contribution in [3.8, 4) is 11.5 Å². The number of nitrogens with one attached hydrogen (secondary N) is 2. The predicted molar refractivity (Wildman–Crippen MR) is 142 cm³/mol. The van der Waals surface area contributed by atoms with Gasteiger partial charge in [-0.2, -0.15) is 8.78 Å². The van der Waals surface area contributed by atoms with Crippen LogP contribution in [0.25, 0.3) is 0 Å². The number of fused-ring (bicyclic) bond motifs is 2. The van der Waals surface area contributed by atoms with Gasteiger partial charge in [0.2, 0.25) is 5.91 Å². The number of aliphatic carboxylic acids is 1. The van der Waals surface area contributed by atoms with Gasteiger partial charge >= 0.3 is 12.6 Å². The molecule has 1 aromatic carbocycles. The molecule has 0 aromatic heterocycles. The molecule has 4 unspecified atom stereocenters. The fourth-order valence-electron chi connectivity index (χ4n) is 7.22. The molecule has 4 aliphatic rings. The summed E-state index contributed by atoms with van der Waals surface area (Å²) in [7, 11) is 0. The molecule has 0 spiro atoms. The molecule has 4 fully saturated rings. The van der Waals surface area contributed by atoms with Crippen molar-refractivity contribution in [1.29, 1.82) is 0 Å². The lowest BCUT2D eigenvalue weighted by molar-refractivity contribution is -0.150. The smallest absolute Gasteiger partial charge is 0.387 e. The van der Waals surface area contributed by atoms with Gasteiger partial charge in [0.25, 0.3) is 5.91 Å². The molecule has 41 heavy (non-hydrogen) atoms. The second-order valence-electron chi connectivity index (χ2n) is 13.1. The van der Waals surface area contributed by atoms with Gasteiger partial charge in [0.05, 0.1) is 23.0 Å². The summed E-state index contributed by atoms with van der Waals surface area (Å²) < 4.78 is 51.7. The van der Waals surface area contributed by atoms with E-state index in [-0.39, 0.29) is 34.5 Å². The van der Waals surface area contributed by atoms with Crippen LogP contribution in [0.3, 0.4) is 0 Å². The van der Waals surface area contributed by atoms with E-state index in [2.05, 4.69) is 22.3 Å². The van der Waals surface area contributed by atoms with Gasteiger partial charge in [-0.05, 0) is 88.0 Å². The molecule has 4 atom stereocenters. The second-order valence-corrected chi connectivity index (χ2v) is 13.1. The van der Waals surface area contributed by atoms with Crippen molar-refractivity contribution in [2.75, 3.05) is 6.54 Å². The summed E-state index contributed by atoms with van der Waals surface area (Å²) in [6, 6.07) is 1.30. The Labute approximate surface area is 237 Å². The normalized spacial score (nSPS) is 31.8. The van der Waals surface area contributed by atoms with Crippen LogP contribution in [0.2, 0.25) is 0 Å². The van der Waals surface area contributed by atoms with Crippen LogP contribution in [0.15, 0.2) is 12.1 Å². The van der Waals surface area contributed by atoms with Gasteiger partial charge in [0, 0.05) is 18.7 Å². The lowest BCUT2D eigenvalue weighted by Crippen LogP contribution is -2.51. The van der Waals surface area contributed by atoms with Crippen LogP contribution in [0, 0.1) is 34.4 Å². The molecule has 2 bridgehead atoms. The van der Waals surface area contributed by atoms with Gasteiger partial charge in [0.15, 0.2) is 11.6 Å². The molecule has 4 saturated carbocycles. The van der Waals surface area contributed by atoms with E-state index in [1.165, 1.54) is 0 Å². The summed E-state index contributed by atoms with van der Waals surface area (Å²) in [6.45, 7) is 1.10. The zero-order chi connectivity index (χ0) is 29.5. The van der Waals surface area contributed by atoms with Crippen LogP contribution in [0.4, 0.5) is 13.2 Å². The Balaban J connectivity index is 1.32. The van der Waals surface area contributed by atoms with Crippen LogP contribution in [-0.4, -0.2) is 48.2 Å². The predicted octanol–water partition coefficient (Wildman–Crippen LogP) is 5.29. The molecule has 0 radical (unpaired) electrons. The van der Waals surface area contributed by atoms with Gasteiger partial charge < -0.3 is 25.2 Å². The number of ether oxygens (including phenoxy) is 2. The first-order chi connectivity index (χ1) is 19.4. The van der Waals surface area contributed by atoms with Gasteiger partial charge in [-0.25, -0.2) is 4.39 Å². The van der Waals surface area contributed by atoms with Gasteiger partial charge in [-0.3, -0.25) is 14.4 Å². The topological polar surface area (TPSA) is 114 Å². The maximum Gasteiger partial charge on any atom is 0.387 e. The zero-order valence-corrected chi connectivity index (χ0v) is 23.5. The third-order valence-corrected chi connectivity index (χ3v) is 10.1. The van der Waals surface area contributed by atoms with E-state index in [9.17, 15) is 32.7 Å². The minimum atomic E-state index is -3.28. The molecule has 8 nitrogen and oxygen atoms in total. The van der Waals surface area contributed by atoms with Crippen LogP contribution in [0.5, 0.6) is 11.5 Å². The average Bonchev–Trinajstić information content (AvgIpc) is 3.50. The van der Waals surface area contributed by atoms with Gasteiger partial charge in [-0.1, -0.05) is 13.3 Å². The number of carbonyl (C=O) groups excluding carboxylic acids is 2. The van der Waals surface area contributed by atoms with E-state index < -0.39 is 53.5 Å². The second kappa shape index (κ2) is 11.4. The standard InChI is InChI=1S/C30H39F3N2O6/c1-29(8-3-9-29)15-34-26(37)23-16-4-5-17(12-16)24(23)35-25(36)19-13-22(20(31)14-21(19)41-28(32)33)40-18-6-10-30(2,11-7-18)27(38)39/h13-14,16-18,23-24,28H,3-12,15H2,1-2H3,(H,34,37)(H,35,36)(H,38,39). The first-order valence-electron chi connectivity index (χ1n) is 14.6. The lowest BCUT2D eigenvalue weighted by atomic mass is 9.70. The van der Waals surface area contributed by atoms with Crippen LogP contribution < -0.4 is 20.1 Å². The van der Waals surface area contributed by atoms with Crippen molar-refractivity contribution >= 4 is 17.8 Å². The Bertz CT molecular complexity index is 1180. The first-order valence-corrected chi connectivity index (χ1v) is 14.6. The van der Waals surface area contributed by atoms with Gasteiger partial charge in [0.1, 0.15) is 5.75 Å². The number of alkyl halides is 2. The molecule has 0 aliphatic heterocycles. The number of rotatable bonds is 10. The first kappa shape index (κ1) is 29.5. The summed E-state index contributed by atoms with van der Waals surface area (Å²) >= 11 is 0. The number of carbonyl (C=O) groups is 3. The molecule has 1 aromatic rings. The van der Waals surface area contributed by atoms with Crippen LogP contribution in [-0.2, 0) is 9.59 Å². The Hall–Kier alpha value is -2.98. The van der Waals surface area contributed by atoms with Crippen LogP contribution in [0.1, 0.15) is 88.4 Å². The quantitative estimate of drug-likeness (QED) is 0.347. The summed E-state index contributed by atoms with van der Waals surface area (Å²) in [5.74, 6) is -3.84. The Morgan fingerprint density at radius 1 is 1.02 bits per heavy atom. The largest absolute Gasteiger partial charge is 0.487 e. The van der Waals surface area contributed by atoms with E-state index in [1.54, 1.807) is 6.92 Å². The molecular weight excluding hydrogens is 541 g/mol. The fraction of sp³-hybridized carbons (Fsp3) is 0.700. The Kier molecular flexibility index (Phi) is 8.18. The number of carboxylic acid groups (broad SMARTS) is 1. The molecule has 226 valence electrons. The van der Waals surface area contributed by atoms with Crippen molar-refractivity contribution in [3.05, 3.63) is 23.5 Å². The summed E-state index contributed by atoms with van der Waals surface area (Å²) in [4.78, 5) is 38.3. The highest BCUT2D eigenvalue weighted by atomic mass is 19.3. The fourth-order valence-corrected chi connectivity index (χ4v) is 7.22. The molecule has 4 aliphatic carbocycles. The third-order valence-electron chi connectivity index (χ3n) is 10.1. The zero-order valence-electron chi connectivity index (χ0n) is 23.5. The van der Waals surface area contributed by atoms with E-state index in [4.69, 9.17) is 4.74 Å². The van der Waals surface area contributed by atoms with E-state index in [0.29, 0.717) is 38.3 Å². The minimum absolute atomic E-state index is 0.0837. The lowest BCUT2D eigenvalue weighted by Gasteiger charge is -2.39. The monoisotopic (exact) mass is 580 g/mol. The molecule has 11 heteroatoms. The maximum atomic E-state index is 15.0. The van der Waals surface area contributed by atoms with Crippen LogP contribution >= 0.6 is 0 Å². The van der Waals surface area contributed by atoms with Crippen molar-refractivity contribution in [3.63, 3.8) is 0 Å². The molecule has 2 amide bonds. The van der Waals surface area contributed by atoms with Gasteiger partial charge in [-0.15, -0.1) is 0 Å². The molecule has 3 N–H and O–H groups in total. The summed E-state index contributed by atoms with van der Waals surface area (Å²) in [5, 5.41) is 15.4. The molecule has 5 rings (SSSR count). The highest BCUT2D eigenvalue weighted by Gasteiger charge is 2.52. The molecular formula is C30H39F3N2O6. The Morgan fingerprint density at radius 2 is 1.71 bits per heavy atom. The van der Waals surface area contributed by atoms with Crippen molar-refractivity contribution in [2.45, 2.75) is 96.8 Å². The average molecular weight is 581 g/mol. The number of hydrogen-bond acceptors (Lipinski definition) is 5. The van der Waals surface area contributed by atoms with E-state index in [0.717, 1.165) is 44.6 Å². The summed E-state index contributed by atoms with van der Waals surface area (Å²) in [6.07, 6.45) is 6.71. The highest BCUT2D eigenvalue weighted by molar-refractivity contribution is 5.98.